The van der Waals surface area contributed by atoms with Crippen LogP contribution < -0.4 is 4.72 Å². The van der Waals surface area contributed by atoms with Gasteiger partial charge in [-0.05, 0) is 19.1 Å². The zero-order valence-electron chi connectivity index (χ0n) is 9.25. The SMILES string of the molecule is C#CC(C)NS(=O)(=O)c1ccc(Cl)c([N+](=O)[O-])c1. The molecule has 6 nitrogen and oxygen atoms in total. The van der Waals surface area contributed by atoms with E-state index in [1.807, 2.05) is 0 Å². The van der Waals surface area contributed by atoms with Gasteiger partial charge in [0.2, 0.25) is 10.0 Å². The minimum absolute atomic E-state index is 0.135. The summed E-state index contributed by atoms with van der Waals surface area (Å²) in [5.74, 6) is 2.19. The molecule has 8 heteroatoms. The number of rotatable bonds is 4. The summed E-state index contributed by atoms with van der Waals surface area (Å²) >= 11 is 5.59. The molecule has 0 bridgehead atoms. The number of benzene rings is 1. The second-order valence-electron chi connectivity index (χ2n) is 3.38. The molecule has 1 aromatic rings. The van der Waals surface area contributed by atoms with Gasteiger partial charge in [-0.2, -0.15) is 4.72 Å². The predicted molar refractivity (Wildman–Crippen MR) is 66.7 cm³/mol. The highest BCUT2D eigenvalue weighted by molar-refractivity contribution is 7.89. The molecule has 0 aliphatic rings. The maximum absolute atomic E-state index is 11.8. The van der Waals surface area contributed by atoms with Gasteiger partial charge in [-0.25, -0.2) is 8.42 Å². The van der Waals surface area contributed by atoms with Crippen molar-refractivity contribution in [1.29, 1.82) is 0 Å². The molecule has 0 fully saturated rings. The average Bonchev–Trinajstić information content (AvgIpc) is 2.28. The number of nitrogens with zero attached hydrogens (tertiary/aromatic N) is 1. The summed E-state index contributed by atoms with van der Waals surface area (Å²) < 4.78 is 25.8. The number of halogens is 1. The molecule has 1 aromatic carbocycles. The number of hydrogen-bond acceptors (Lipinski definition) is 4. The van der Waals surface area contributed by atoms with Crippen molar-refractivity contribution in [3.05, 3.63) is 33.3 Å². The molecule has 1 unspecified atom stereocenters. The summed E-state index contributed by atoms with van der Waals surface area (Å²) in [6, 6.07) is 2.48. The molecular formula is C10H9ClN2O4S. The molecule has 18 heavy (non-hydrogen) atoms. The third-order valence-electron chi connectivity index (χ3n) is 2.01. The zero-order chi connectivity index (χ0) is 13.9. The standard InChI is InChI=1S/C10H9ClN2O4S/c1-3-7(2)12-18(16,17)8-4-5-9(11)10(6-8)13(14)15/h1,4-7,12H,2H3. The molecular weight excluding hydrogens is 280 g/mol. The van der Waals surface area contributed by atoms with Crippen LogP contribution in [-0.2, 0) is 10.0 Å². The topological polar surface area (TPSA) is 89.3 Å². The Bertz CT molecular complexity index is 621. The molecule has 1 rings (SSSR count). The van der Waals surface area contributed by atoms with Gasteiger partial charge in [0.25, 0.3) is 5.69 Å². The van der Waals surface area contributed by atoms with Gasteiger partial charge in [-0.3, -0.25) is 10.1 Å². The van der Waals surface area contributed by atoms with Crippen molar-refractivity contribution in [3.63, 3.8) is 0 Å². The lowest BCUT2D eigenvalue weighted by atomic mass is 10.3. The molecule has 0 aliphatic heterocycles. The van der Waals surface area contributed by atoms with E-state index in [2.05, 4.69) is 10.6 Å². The summed E-state index contributed by atoms with van der Waals surface area (Å²) in [5.41, 5.74) is -0.479. The molecule has 0 spiro atoms. The van der Waals surface area contributed by atoms with E-state index in [1.165, 1.54) is 13.0 Å². The average molecular weight is 289 g/mol. The first-order chi connectivity index (χ1) is 8.27. The monoisotopic (exact) mass is 288 g/mol. The predicted octanol–water partition coefficient (Wildman–Crippen LogP) is 1.55. The Morgan fingerprint density at radius 2 is 2.17 bits per heavy atom. The molecule has 0 heterocycles. The van der Waals surface area contributed by atoms with Crippen LogP contribution in [-0.4, -0.2) is 19.4 Å². The van der Waals surface area contributed by atoms with Crippen LogP contribution in [0.25, 0.3) is 0 Å². The van der Waals surface area contributed by atoms with E-state index < -0.39 is 26.7 Å². The molecule has 0 radical (unpaired) electrons. The third-order valence-corrected chi connectivity index (χ3v) is 3.86. The van der Waals surface area contributed by atoms with Gasteiger partial charge in [-0.15, -0.1) is 6.42 Å². The van der Waals surface area contributed by atoms with Gasteiger partial charge >= 0.3 is 0 Å². The van der Waals surface area contributed by atoms with Crippen molar-refractivity contribution >= 4 is 27.3 Å². The molecule has 0 saturated heterocycles. The van der Waals surface area contributed by atoms with Gasteiger partial charge in [0.15, 0.2) is 0 Å². The van der Waals surface area contributed by atoms with Crippen molar-refractivity contribution in [2.24, 2.45) is 0 Å². The molecule has 0 amide bonds. The fraction of sp³-hybridized carbons (Fsp3) is 0.200. The first-order valence-electron chi connectivity index (χ1n) is 4.70. The molecule has 0 aliphatic carbocycles. The number of sulfonamides is 1. The van der Waals surface area contributed by atoms with Crippen LogP contribution in [0.5, 0.6) is 0 Å². The highest BCUT2D eigenvalue weighted by Crippen LogP contribution is 2.26. The molecule has 1 atom stereocenters. The van der Waals surface area contributed by atoms with Gasteiger partial charge in [0, 0.05) is 6.07 Å². The summed E-state index contributed by atoms with van der Waals surface area (Å²) in [6.45, 7) is 1.47. The van der Waals surface area contributed by atoms with Crippen LogP contribution in [0.3, 0.4) is 0 Å². The maximum Gasteiger partial charge on any atom is 0.289 e. The van der Waals surface area contributed by atoms with E-state index in [0.29, 0.717) is 0 Å². The van der Waals surface area contributed by atoms with Gasteiger partial charge in [0.05, 0.1) is 15.9 Å². The first-order valence-corrected chi connectivity index (χ1v) is 6.56. The second-order valence-corrected chi connectivity index (χ2v) is 5.50. The first kappa shape index (κ1) is 14.4. The Balaban J connectivity index is 3.23. The highest BCUT2D eigenvalue weighted by atomic mass is 35.5. The van der Waals surface area contributed by atoms with Crippen LogP contribution in [0.4, 0.5) is 5.69 Å². The normalized spacial score (nSPS) is 12.7. The Morgan fingerprint density at radius 1 is 1.56 bits per heavy atom. The van der Waals surface area contributed by atoms with Gasteiger partial charge in [0.1, 0.15) is 5.02 Å². The van der Waals surface area contributed by atoms with Crippen molar-refractivity contribution in [2.75, 3.05) is 0 Å². The van der Waals surface area contributed by atoms with Crippen molar-refractivity contribution < 1.29 is 13.3 Å². The molecule has 0 aromatic heterocycles. The number of terminal acetylenes is 1. The van der Waals surface area contributed by atoms with E-state index in [1.54, 1.807) is 0 Å². The Labute approximate surface area is 109 Å². The van der Waals surface area contributed by atoms with Crippen LogP contribution >= 0.6 is 11.6 Å². The van der Waals surface area contributed by atoms with Crippen LogP contribution in [0.2, 0.25) is 5.02 Å². The number of hydrogen-bond donors (Lipinski definition) is 1. The minimum atomic E-state index is -3.90. The Morgan fingerprint density at radius 3 is 2.67 bits per heavy atom. The largest absolute Gasteiger partial charge is 0.289 e. The van der Waals surface area contributed by atoms with Crippen molar-refractivity contribution in [2.45, 2.75) is 17.9 Å². The van der Waals surface area contributed by atoms with Crippen LogP contribution in [0.15, 0.2) is 23.1 Å². The van der Waals surface area contributed by atoms with E-state index in [-0.39, 0.29) is 9.92 Å². The minimum Gasteiger partial charge on any atom is -0.258 e. The summed E-state index contributed by atoms with van der Waals surface area (Å²) in [5, 5.41) is 10.5. The highest BCUT2D eigenvalue weighted by Gasteiger charge is 2.21. The summed E-state index contributed by atoms with van der Waals surface area (Å²) in [4.78, 5) is 9.63. The molecule has 1 N–H and O–H groups in total. The lowest BCUT2D eigenvalue weighted by molar-refractivity contribution is -0.384. The number of nitro groups is 1. The van der Waals surface area contributed by atoms with Crippen LogP contribution in [0.1, 0.15) is 6.92 Å². The number of nitrogens with one attached hydrogen (secondary N) is 1. The lowest BCUT2D eigenvalue weighted by Crippen LogP contribution is -2.31. The Hall–Kier alpha value is -1.62. The summed E-state index contributed by atoms with van der Waals surface area (Å²) in [7, 11) is -3.90. The molecule has 0 saturated carbocycles. The van der Waals surface area contributed by atoms with Crippen molar-refractivity contribution in [3.8, 4) is 12.3 Å². The van der Waals surface area contributed by atoms with Gasteiger partial charge in [-0.1, -0.05) is 17.5 Å². The quantitative estimate of drug-likeness (QED) is 0.517. The summed E-state index contributed by atoms with van der Waals surface area (Å²) in [6.07, 6.45) is 5.05. The van der Waals surface area contributed by atoms with E-state index in [9.17, 15) is 18.5 Å². The van der Waals surface area contributed by atoms with E-state index >= 15 is 0 Å². The van der Waals surface area contributed by atoms with E-state index in [4.69, 9.17) is 18.0 Å². The third kappa shape index (κ3) is 3.20. The fourth-order valence-corrected chi connectivity index (χ4v) is 2.50. The Kier molecular flexibility index (Phi) is 4.29. The fourth-order valence-electron chi connectivity index (χ4n) is 1.13. The van der Waals surface area contributed by atoms with Crippen molar-refractivity contribution in [1.82, 2.24) is 4.72 Å². The maximum atomic E-state index is 11.8. The lowest BCUT2D eigenvalue weighted by Gasteiger charge is -2.08. The zero-order valence-corrected chi connectivity index (χ0v) is 10.8. The van der Waals surface area contributed by atoms with E-state index in [0.717, 1.165) is 12.1 Å². The number of nitro benzene ring substituents is 1. The molecule has 96 valence electrons. The van der Waals surface area contributed by atoms with Gasteiger partial charge < -0.3 is 0 Å². The smallest absolute Gasteiger partial charge is 0.258 e. The van der Waals surface area contributed by atoms with Crippen LogP contribution in [0, 0.1) is 22.5 Å². The second kappa shape index (κ2) is 5.35.